The maximum atomic E-state index is 13.5. The van der Waals surface area contributed by atoms with E-state index in [9.17, 15) is 13.2 Å². The van der Waals surface area contributed by atoms with Crippen molar-refractivity contribution in [1.29, 1.82) is 0 Å². The van der Waals surface area contributed by atoms with Gasteiger partial charge in [-0.05, 0) is 41.5 Å². The first-order valence-corrected chi connectivity index (χ1v) is 11.2. The van der Waals surface area contributed by atoms with Crippen LogP contribution in [-0.2, 0) is 14.6 Å². The van der Waals surface area contributed by atoms with E-state index < -0.39 is 21.1 Å². The fourth-order valence-electron chi connectivity index (χ4n) is 3.30. The van der Waals surface area contributed by atoms with Crippen molar-refractivity contribution in [2.75, 3.05) is 4.90 Å². The number of halogens is 1. The summed E-state index contributed by atoms with van der Waals surface area (Å²) >= 11 is 1.77. The lowest BCUT2D eigenvalue weighted by molar-refractivity contribution is -0.114. The lowest BCUT2D eigenvalue weighted by Crippen LogP contribution is -2.28. The molecule has 0 N–H and O–H groups in total. The Kier molecular flexibility index (Phi) is 5.42. The zero-order valence-corrected chi connectivity index (χ0v) is 18.1. The molecule has 7 heteroatoms. The van der Waals surface area contributed by atoms with Gasteiger partial charge in [-0.25, -0.2) is 8.42 Å². The monoisotopic (exact) mass is 517 g/mol. The van der Waals surface area contributed by atoms with Gasteiger partial charge in [0.25, 0.3) is 5.91 Å². The number of carbonyl (C=O) groups excluding carboxylic acids is 1. The summed E-state index contributed by atoms with van der Waals surface area (Å²) in [4.78, 5) is 14.4. The number of amides is 1. The van der Waals surface area contributed by atoms with Crippen LogP contribution in [0.4, 0.5) is 5.69 Å². The summed E-state index contributed by atoms with van der Waals surface area (Å²) in [7, 11) is -3.94. The lowest BCUT2D eigenvalue weighted by atomic mass is 10.1. The van der Waals surface area contributed by atoms with Crippen molar-refractivity contribution in [1.82, 2.24) is 0 Å². The van der Waals surface area contributed by atoms with Gasteiger partial charge < -0.3 is 3.07 Å². The average Bonchev–Trinajstić information content (AvgIpc) is 2.95. The van der Waals surface area contributed by atoms with Crippen LogP contribution in [0.1, 0.15) is 16.5 Å². The highest BCUT2D eigenvalue weighted by Crippen LogP contribution is 2.43. The third-order valence-corrected chi connectivity index (χ3v) is 7.14. The maximum absolute atomic E-state index is 13.5. The maximum Gasteiger partial charge on any atom is 0.271 e. The fourth-order valence-corrected chi connectivity index (χ4v) is 5.49. The quantitative estimate of drug-likeness (QED) is 0.364. The van der Waals surface area contributed by atoms with Crippen LogP contribution >= 0.6 is 23.0 Å². The Bertz CT molecular complexity index is 1160. The molecule has 1 heterocycles. The van der Waals surface area contributed by atoms with E-state index in [1.165, 1.54) is 11.0 Å². The fraction of sp³-hybridized carbons (Fsp3) is 0.0455. The molecular weight excluding hydrogens is 501 g/mol. The van der Waals surface area contributed by atoms with E-state index in [1.54, 1.807) is 95.8 Å². The normalized spacial score (nSPS) is 19.5. The zero-order chi connectivity index (χ0) is 20.4. The van der Waals surface area contributed by atoms with Crippen molar-refractivity contribution in [2.45, 2.75) is 5.37 Å². The second-order valence-electron chi connectivity index (χ2n) is 6.47. The van der Waals surface area contributed by atoms with E-state index in [0.717, 1.165) is 0 Å². The standard InChI is InChI=1S/C22H16INO4S/c23-28-19-13-11-16(12-14-19)15-20-21(25)24(18-9-5-2-6-10-18)22(29(20,26)27)17-7-3-1-4-8-17/h1-15,22H/b20-15+. The minimum Gasteiger partial charge on any atom is -0.428 e. The Labute approximate surface area is 183 Å². The topological polar surface area (TPSA) is 63.7 Å². The molecule has 0 aromatic heterocycles. The predicted molar refractivity (Wildman–Crippen MR) is 121 cm³/mol. The van der Waals surface area contributed by atoms with Crippen molar-refractivity contribution in [3.05, 3.63) is 101 Å². The smallest absolute Gasteiger partial charge is 0.271 e. The minimum atomic E-state index is -3.94. The molecule has 3 aromatic carbocycles. The molecular formula is C22H16INO4S. The number of anilines is 1. The Morgan fingerprint density at radius 3 is 2.03 bits per heavy atom. The largest absolute Gasteiger partial charge is 0.428 e. The van der Waals surface area contributed by atoms with Crippen molar-refractivity contribution < 1.29 is 16.3 Å². The van der Waals surface area contributed by atoms with Gasteiger partial charge in [0.1, 0.15) is 10.7 Å². The summed E-state index contributed by atoms with van der Waals surface area (Å²) in [6.07, 6.45) is 1.42. The second-order valence-corrected chi connectivity index (χ2v) is 8.89. The zero-order valence-electron chi connectivity index (χ0n) is 15.1. The number of benzene rings is 3. The van der Waals surface area contributed by atoms with Crippen molar-refractivity contribution in [3.63, 3.8) is 0 Å². The van der Waals surface area contributed by atoms with Gasteiger partial charge in [-0.15, -0.1) is 0 Å². The molecule has 1 atom stereocenters. The van der Waals surface area contributed by atoms with Crippen LogP contribution in [0.3, 0.4) is 0 Å². The molecule has 3 aromatic rings. The SMILES string of the molecule is O=C1/C(=C\c2ccc(OI)cc2)S(=O)(=O)C(c2ccccc2)N1c1ccccc1. The van der Waals surface area contributed by atoms with Crippen LogP contribution in [0.25, 0.3) is 6.08 Å². The van der Waals surface area contributed by atoms with E-state index in [1.807, 2.05) is 12.1 Å². The summed E-state index contributed by atoms with van der Waals surface area (Å²) in [5.74, 6) is 0.0979. The Hall–Kier alpha value is -2.65. The van der Waals surface area contributed by atoms with Crippen LogP contribution in [0.2, 0.25) is 0 Å². The van der Waals surface area contributed by atoms with E-state index in [4.69, 9.17) is 3.07 Å². The first kappa shape index (κ1) is 19.7. The molecule has 0 saturated carbocycles. The van der Waals surface area contributed by atoms with E-state index >= 15 is 0 Å². The van der Waals surface area contributed by atoms with Gasteiger partial charge >= 0.3 is 0 Å². The van der Waals surface area contributed by atoms with Crippen molar-refractivity contribution >= 4 is 50.5 Å². The molecule has 1 fully saturated rings. The van der Waals surface area contributed by atoms with Gasteiger partial charge in [-0.3, -0.25) is 9.69 Å². The number of nitrogens with zero attached hydrogens (tertiary/aromatic N) is 1. The third kappa shape index (κ3) is 3.67. The molecule has 4 rings (SSSR count). The average molecular weight is 517 g/mol. The molecule has 0 spiro atoms. The summed E-state index contributed by atoms with van der Waals surface area (Å²) in [5, 5.41) is -1.11. The molecule has 1 saturated heterocycles. The molecule has 1 aliphatic rings. The van der Waals surface area contributed by atoms with Gasteiger partial charge in [-0.2, -0.15) is 0 Å². The highest BCUT2D eigenvalue weighted by atomic mass is 127. The Morgan fingerprint density at radius 1 is 0.862 bits per heavy atom. The van der Waals surface area contributed by atoms with Gasteiger partial charge in [0.05, 0.1) is 0 Å². The van der Waals surface area contributed by atoms with Crippen molar-refractivity contribution in [2.24, 2.45) is 0 Å². The van der Waals surface area contributed by atoms with Crippen molar-refractivity contribution in [3.8, 4) is 5.75 Å². The van der Waals surface area contributed by atoms with E-state index in [2.05, 4.69) is 0 Å². The van der Waals surface area contributed by atoms with Gasteiger partial charge in [-0.1, -0.05) is 60.7 Å². The summed E-state index contributed by atoms with van der Waals surface area (Å²) in [5.41, 5.74) is 1.68. The highest BCUT2D eigenvalue weighted by Gasteiger charge is 2.50. The van der Waals surface area contributed by atoms with Crippen LogP contribution in [-0.4, -0.2) is 14.3 Å². The molecule has 1 amide bonds. The van der Waals surface area contributed by atoms with Gasteiger partial charge in [0, 0.05) is 5.69 Å². The van der Waals surface area contributed by atoms with Crippen LogP contribution in [0.15, 0.2) is 89.8 Å². The third-order valence-electron chi connectivity index (χ3n) is 4.65. The molecule has 0 bridgehead atoms. The van der Waals surface area contributed by atoms with Crippen LogP contribution in [0, 0.1) is 0 Å². The van der Waals surface area contributed by atoms with E-state index in [0.29, 0.717) is 22.6 Å². The first-order valence-electron chi connectivity index (χ1n) is 8.80. The van der Waals surface area contributed by atoms with Crippen LogP contribution < -0.4 is 7.97 Å². The van der Waals surface area contributed by atoms with Gasteiger partial charge in [0.15, 0.2) is 28.4 Å². The van der Waals surface area contributed by atoms with E-state index in [-0.39, 0.29) is 4.91 Å². The second kappa shape index (κ2) is 8.00. The Morgan fingerprint density at radius 2 is 1.45 bits per heavy atom. The first-order chi connectivity index (χ1) is 14.0. The molecule has 5 nitrogen and oxygen atoms in total. The highest BCUT2D eigenvalue weighted by molar-refractivity contribution is 14.1. The molecule has 146 valence electrons. The van der Waals surface area contributed by atoms with Crippen LogP contribution in [0.5, 0.6) is 5.75 Å². The summed E-state index contributed by atoms with van der Waals surface area (Å²) < 4.78 is 32.0. The van der Waals surface area contributed by atoms with Gasteiger partial charge in [0.2, 0.25) is 9.84 Å². The minimum absolute atomic E-state index is 0.224. The molecule has 0 radical (unpaired) electrons. The summed E-state index contributed by atoms with van der Waals surface area (Å²) in [6, 6.07) is 24.5. The number of para-hydroxylation sites is 1. The number of carbonyl (C=O) groups is 1. The number of rotatable bonds is 4. The number of hydrogen-bond donors (Lipinski definition) is 0. The molecule has 0 aliphatic carbocycles. The molecule has 1 aliphatic heterocycles. The lowest BCUT2D eigenvalue weighted by Gasteiger charge is -2.23. The number of hydrogen-bond acceptors (Lipinski definition) is 4. The predicted octanol–water partition coefficient (Wildman–Crippen LogP) is 4.92. The molecule has 1 unspecified atom stereocenters. The molecule has 29 heavy (non-hydrogen) atoms. The summed E-state index contributed by atoms with van der Waals surface area (Å²) in [6.45, 7) is 0. The number of sulfone groups is 1. The Balaban J connectivity index is 1.87.